The van der Waals surface area contributed by atoms with Crippen molar-refractivity contribution in [1.82, 2.24) is 19.8 Å². The summed E-state index contributed by atoms with van der Waals surface area (Å²) in [5.74, 6) is -3.66. The van der Waals surface area contributed by atoms with Gasteiger partial charge in [0.2, 0.25) is 0 Å². The zero-order valence-electron chi connectivity index (χ0n) is 20.7. The molecule has 17 heteroatoms. The van der Waals surface area contributed by atoms with Crippen molar-refractivity contribution in [1.29, 1.82) is 0 Å². The number of alkyl halides is 1. The first-order valence-electron chi connectivity index (χ1n) is 11.1. The number of ether oxygens (including phenoxy) is 1. The maximum atomic E-state index is 13.9. The molecule has 1 saturated heterocycles. The quantitative estimate of drug-likeness (QED) is 0.129. The number of carbonyl (C=O) groups is 5. The van der Waals surface area contributed by atoms with Crippen LogP contribution in [0, 0.1) is 0 Å². The number of carboxylic acids is 1. The molecule has 0 unspecified atom stereocenters. The highest BCUT2D eigenvalue weighted by Crippen LogP contribution is 2.45. The number of hydrogen-bond acceptors (Lipinski definition) is 11. The number of hydrazine groups is 1. The van der Waals surface area contributed by atoms with Crippen LogP contribution in [-0.2, 0) is 33.5 Å². The Balaban J connectivity index is 1.72. The predicted molar refractivity (Wildman–Crippen MR) is 136 cm³/mol. The number of esters is 1. The molecule has 4 aliphatic rings. The molecule has 4 rings (SSSR count). The molecular weight excluding hydrogens is 564 g/mol. The van der Waals surface area contributed by atoms with Crippen molar-refractivity contribution in [3.05, 3.63) is 22.5 Å². The maximum absolute atomic E-state index is 13.9. The molecule has 0 aromatic carbocycles. The molecule has 1 fully saturated rings. The SMILES string of the molecule is CO[N+]1=C(C(=O)N(C2=CSCN2N=C(C)C)[C@@H]2C(=O)N3C(C(=O)O)=C(COC(C)=O)CS[C@@H]23)N1C(=O)CCl. The van der Waals surface area contributed by atoms with Crippen LogP contribution in [0.4, 0.5) is 0 Å². The number of aliphatic carboxylic acids is 1. The summed E-state index contributed by atoms with van der Waals surface area (Å²) < 4.78 is 4.98. The molecule has 2 atom stereocenters. The van der Waals surface area contributed by atoms with Gasteiger partial charge in [0.05, 0.1) is 5.88 Å². The number of amidine groups is 1. The number of halogens is 1. The second-order valence-electron chi connectivity index (χ2n) is 8.40. The molecule has 0 bridgehead atoms. The Morgan fingerprint density at radius 3 is 2.58 bits per heavy atom. The van der Waals surface area contributed by atoms with Gasteiger partial charge in [-0.3, -0.25) is 24.2 Å². The lowest BCUT2D eigenvalue weighted by atomic mass is 10.0. The van der Waals surface area contributed by atoms with Gasteiger partial charge in [-0.15, -0.1) is 35.1 Å². The first-order chi connectivity index (χ1) is 18.0. The smallest absolute Gasteiger partial charge is 0.477 e. The normalized spacial score (nSPS) is 22.0. The van der Waals surface area contributed by atoms with Gasteiger partial charge in [0.25, 0.3) is 5.91 Å². The second-order valence-corrected chi connectivity index (χ2v) is 10.6. The average Bonchev–Trinajstić information content (AvgIpc) is 3.45. The molecule has 0 spiro atoms. The van der Waals surface area contributed by atoms with E-state index in [0.29, 0.717) is 17.4 Å². The Labute approximate surface area is 230 Å². The van der Waals surface area contributed by atoms with Crippen LogP contribution in [0.3, 0.4) is 0 Å². The topological polar surface area (TPSA) is 152 Å². The number of nitrogens with zero attached hydrogens (tertiary/aromatic N) is 6. The van der Waals surface area contributed by atoms with Crippen molar-refractivity contribution in [3.8, 4) is 0 Å². The number of β-lactam (4-membered cyclic amide) rings is 1. The van der Waals surface area contributed by atoms with E-state index >= 15 is 0 Å². The van der Waals surface area contributed by atoms with E-state index in [9.17, 15) is 29.1 Å². The highest BCUT2D eigenvalue weighted by Gasteiger charge is 2.66. The minimum atomic E-state index is -1.35. The van der Waals surface area contributed by atoms with E-state index in [-0.39, 0.29) is 29.5 Å². The monoisotopic (exact) mass is 587 g/mol. The van der Waals surface area contributed by atoms with Gasteiger partial charge in [0.1, 0.15) is 47.4 Å². The van der Waals surface area contributed by atoms with E-state index < -0.39 is 47.0 Å². The molecule has 0 aromatic rings. The second kappa shape index (κ2) is 10.9. The van der Waals surface area contributed by atoms with Gasteiger partial charge in [-0.2, -0.15) is 5.10 Å². The van der Waals surface area contributed by atoms with Gasteiger partial charge in [-0.1, -0.05) is 0 Å². The number of fused-ring (bicyclic) bond motifs is 1. The Morgan fingerprint density at radius 2 is 2.00 bits per heavy atom. The average molecular weight is 588 g/mol. The van der Waals surface area contributed by atoms with E-state index in [1.54, 1.807) is 24.3 Å². The van der Waals surface area contributed by atoms with E-state index in [1.807, 2.05) is 0 Å². The number of hydrogen-bond donors (Lipinski definition) is 1. The van der Waals surface area contributed by atoms with Gasteiger partial charge in [0, 0.05) is 34.4 Å². The van der Waals surface area contributed by atoms with E-state index in [1.165, 1.54) is 42.5 Å². The Morgan fingerprint density at radius 1 is 1.29 bits per heavy atom. The molecule has 1 N–H and O–H groups in total. The van der Waals surface area contributed by atoms with Gasteiger partial charge in [0.15, 0.2) is 0 Å². The van der Waals surface area contributed by atoms with Crippen LogP contribution in [0.1, 0.15) is 20.8 Å². The Bertz CT molecular complexity index is 1250. The predicted octanol–water partition coefficient (Wildman–Crippen LogP) is 0.170. The van der Waals surface area contributed by atoms with Crippen LogP contribution in [0.2, 0.25) is 0 Å². The zero-order chi connectivity index (χ0) is 27.9. The van der Waals surface area contributed by atoms with E-state index in [4.69, 9.17) is 21.2 Å². The van der Waals surface area contributed by atoms with E-state index in [2.05, 4.69) is 5.10 Å². The molecule has 0 radical (unpaired) electrons. The van der Waals surface area contributed by atoms with Gasteiger partial charge in [-0.25, -0.2) is 14.6 Å². The third-order valence-corrected chi connectivity index (χ3v) is 7.95. The summed E-state index contributed by atoms with van der Waals surface area (Å²) in [7, 11) is 1.27. The molecule has 0 saturated carbocycles. The number of thioether (sulfide) groups is 2. The van der Waals surface area contributed by atoms with Crippen molar-refractivity contribution in [2.45, 2.75) is 32.2 Å². The van der Waals surface area contributed by atoms with Crippen LogP contribution in [0.25, 0.3) is 0 Å². The van der Waals surface area contributed by atoms with Crippen molar-refractivity contribution in [2.24, 2.45) is 5.10 Å². The summed E-state index contributed by atoms with van der Waals surface area (Å²) in [5, 5.41) is 17.7. The summed E-state index contributed by atoms with van der Waals surface area (Å²) in [6, 6.07) is -1.11. The molecule has 3 amide bonds. The highest BCUT2D eigenvalue weighted by molar-refractivity contribution is 8.02. The number of carbonyl (C=O) groups excluding carboxylic acids is 4. The molecule has 14 nitrogen and oxygen atoms in total. The minimum absolute atomic E-state index is 0.148. The van der Waals surface area contributed by atoms with Gasteiger partial charge < -0.3 is 14.7 Å². The highest BCUT2D eigenvalue weighted by atomic mass is 35.5. The molecule has 4 heterocycles. The van der Waals surface area contributed by atoms with Crippen LogP contribution in [-0.4, -0.2) is 114 Å². The largest absolute Gasteiger partial charge is 0.478 e. The summed E-state index contributed by atoms with van der Waals surface area (Å²) in [5.41, 5.74) is 0.680. The number of rotatable bonds is 9. The van der Waals surface area contributed by atoms with Crippen molar-refractivity contribution >= 4 is 76.3 Å². The first-order valence-corrected chi connectivity index (χ1v) is 13.7. The fourth-order valence-corrected chi connectivity index (χ4v) is 6.38. The lowest BCUT2D eigenvalue weighted by Gasteiger charge is -2.52. The van der Waals surface area contributed by atoms with Crippen molar-refractivity contribution < 1.29 is 43.5 Å². The summed E-state index contributed by atoms with van der Waals surface area (Å²) >= 11 is 8.26. The van der Waals surface area contributed by atoms with Crippen molar-refractivity contribution in [2.75, 3.05) is 31.2 Å². The fraction of sp³-hybridized carbons (Fsp3) is 0.476. The number of hydrazone groups is 2. The van der Waals surface area contributed by atoms with Crippen LogP contribution >= 0.6 is 35.1 Å². The third-order valence-electron chi connectivity index (χ3n) is 5.62. The molecule has 38 heavy (non-hydrogen) atoms. The van der Waals surface area contributed by atoms with Gasteiger partial charge in [-0.05, 0) is 13.8 Å². The molecule has 4 aliphatic heterocycles. The van der Waals surface area contributed by atoms with Gasteiger partial charge >= 0.3 is 29.6 Å². The Kier molecular flexibility index (Phi) is 7.94. The van der Waals surface area contributed by atoms with E-state index in [0.717, 1.165) is 14.8 Å². The van der Waals surface area contributed by atoms with Crippen LogP contribution < -0.4 is 0 Å². The summed E-state index contributed by atoms with van der Waals surface area (Å²) in [6.45, 7) is 4.48. The Hall–Kier alpha value is -3.24. The summed E-state index contributed by atoms with van der Waals surface area (Å²) in [4.78, 5) is 71.5. The van der Waals surface area contributed by atoms with Crippen molar-refractivity contribution in [3.63, 3.8) is 0 Å². The lowest BCUT2D eigenvalue weighted by molar-refractivity contribution is -0.794. The first kappa shape index (κ1) is 27.8. The number of amides is 3. The minimum Gasteiger partial charge on any atom is -0.477 e. The molecule has 0 aliphatic carbocycles. The zero-order valence-corrected chi connectivity index (χ0v) is 23.1. The van der Waals surface area contributed by atoms with Crippen LogP contribution in [0.15, 0.2) is 27.6 Å². The third kappa shape index (κ3) is 4.82. The lowest BCUT2D eigenvalue weighted by Crippen LogP contribution is -2.72. The number of carboxylic acid groups (broad SMARTS) is 1. The maximum Gasteiger partial charge on any atom is 0.478 e. The fourth-order valence-electron chi connectivity index (χ4n) is 4.11. The molecule has 0 aromatic heterocycles. The standard InChI is InChI=1S/C21H23ClN6O8S2/c1-10(2)23-24-9-37-8-13(24)25(19(32)17-27(14(30)5-22)28(17)35-4)16-18(31)26-15(21(33)34)12(6-36-11(3)29)7-38-20(16)26/h8,16,20H,5-7,9H2,1-4H3/p+1/t16-,20+/m1/s1. The van der Waals surface area contributed by atoms with Crippen LogP contribution in [0.5, 0.6) is 0 Å². The molecule has 204 valence electrons. The molecular formula is C21H24ClN6O8S2+. The summed E-state index contributed by atoms with van der Waals surface area (Å²) in [6.07, 6.45) is 0.